The van der Waals surface area contributed by atoms with Crippen molar-refractivity contribution >= 4 is 0 Å². The first-order valence-electron chi connectivity index (χ1n) is 9.50. The SMILES string of the molecule is CCCN1CCC(NC)CC1.CCN1CCC(CNC)CC1. The summed E-state index contributed by atoms with van der Waals surface area (Å²) in [5.74, 6) is 0.933. The monoisotopic (exact) mass is 312 g/mol. The van der Waals surface area contributed by atoms with Crippen LogP contribution in [0.1, 0.15) is 46.0 Å². The lowest BCUT2D eigenvalue weighted by Gasteiger charge is -2.31. The highest BCUT2D eigenvalue weighted by Gasteiger charge is 2.17. The molecule has 0 atom stereocenters. The number of piperidine rings is 2. The highest BCUT2D eigenvalue weighted by molar-refractivity contribution is 4.75. The van der Waals surface area contributed by atoms with Crippen LogP contribution in [0, 0.1) is 5.92 Å². The van der Waals surface area contributed by atoms with Crippen molar-refractivity contribution in [3.63, 3.8) is 0 Å². The van der Waals surface area contributed by atoms with Gasteiger partial charge in [-0.05, 0) is 97.9 Å². The van der Waals surface area contributed by atoms with Gasteiger partial charge in [0.05, 0.1) is 0 Å². The van der Waals surface area contributed by atoms with E-state index in [1.807, 2.05) is 7.05 Å². The highest BCUT2D eigenvalue weighted by atomic mass is 15.1. The first-order chi connectivity index (χ1) is 10.7. The van der Waals surface area contributed by atoms with Crippen LogP contribution in [0.2, 0.25) is 0 Å². The van der Waals surface area contributed by atoms with Gasteiger partial charge in [0.2, 0.25) is 0 Å². The molecular weight excluding hydrogens is 272 g/mol. The van der Waals surface area contributed by atoms with Crippen molar-refractivity contribution in [2.75, 3.05) is 59.9 Å². The van der Waals surface area contributed by atoms with Gasteiger partial charge in [-0.25, -0.2) is 0 Å². The second-order valence-corrected chi connectivity index (χ2v) is 6.84. The van der Waals surface area contributed by atoms with Crippen LogP contribution in [0.5, 0.6) is 0 Å². The molecular formula is C18H40N4. The molecule has 0 radical (unpaired) electrons. The van der Waals surface area contributed by atoms with E-state index in [2.05, 4.69) is 41.3 Å². The molecule has 0 aromatic heterocycles. The third-order valence-electron chi connectivity index (χ3n) is 5.18. The Morgan fingerprint density at radius 2 is 1.45 bits per heavy atom. The molecule has 0 saturated carbocycles. The highest BCUT2D eigenvalue weighted by Crippen LogP contribution is 2.15. The smallest absolute Gasteiger partial charge is 0.00884 e. The van der Waals surface area contributed by atoms with Crippen molar-refractivity contribution in [3.8, 4) is 0 Å². The number of hydrogen-bond donors (Lipinski definition) is 2. The van der Waals surface area contributed by atoms with Gasteiger partial charge in [-0.1, -0.05) is 13.8 Å². The second kappa shape index (κ2) is 12.3. The number of hydrogen-bond acceptors (Lipinski definition) is 4. The van der Waals surface area contributed by atoms with Crippen molar-refractivity contribution < 1.29 is 0 Å². The van der Waals surface area contributed by atoms with E-state index in [9.17, 15) is 0 Å². The minimum absolute atomic E-state index is 0.781. The zero-order chi connectivity index (χ0) is 16.2. The minimum Gasteiger partial charge on any atom is -0.319 e. The Bertz CT molecular complexity index is 217. The molecule has 4 heteroatoms. The average molecular weight is 313 g/mol. The minimum atomic E-state index is 0.781. The standard InChI is InChI=1S/2C9H20N2/c1-3-11-6-4-9(5-7-11)8-10-2;1-3-6-11-7-4-9(10-2)5-8-11/h2*9-10H,3-8H2,1-2H3. The molecule has 2 fully saturated rings. The van der Waals surface area contributed by atoms with Crippen LogP contribution in [0.4, 0.5) is 0 Å². The molecule has 132 valence electrons. The summed E-state index contributed by atoms with van der Waals surface area (Å²) in [6.07, 6.45) is 6.72. The molecule has 4 nitrogen and oxygen atoms in total. The molecule has 2 aliphatic heterocycles. The lowest BCUT2D eigenvalue weighted by Crippen LogP contribution is -2.41. The molecule has 0 unspecified atom stereocenters. The summed E-state index contributed by atoms with van der Waals surface area (Å²) in [6, 6.07) is 0.781. The van der Waals surface area contributed by atoms with Crippen molar-refractivity contribution in [2.45, 2.75) is 52.0 Å². The van der Waals surface area contributed by atoms with Crippen LogP contribution in [-0.4, -0.2) is 75.8 Å². The van der Waals surface area contributed by atoms with Gasteiger partial charge in [0.15, 0.2) is 0 Å². The topological polar surface area (TPSA) is 30.5 Å². The Kier molecular flexibility index (Phi) is 11.1. The Labute approximate surface area is 139 Å². The van der Waals surface area contributed by atoms with E-state index in [-0.39, 0.29) is 0 Å². The maximum absolute atomic E-state index is 3.34. The van der Waals surface area contributed by atoms with Crippen molar-refractivity contribution in [3.05, 3.63) is 0 Å². The second-order valence-electron chi connectivity index (χ2n) is 6.84. The van der Waals surface area contributed by atoms with Crippen LogP contribution in [0.3, 0.4) is 0 Å². The third-order valence-corrected chi connectivity index (χ3v) is 5.18. The lowest BCUT2D eigenvalue weighted by molar-refractivity contribution is 0.191. The quantitative estimate of drug-likeness (QED) is 0.785. The summed E-state index contributed by atoms with van der Waals surface area (Å²) >= 11 is 0. The van der Waals surface area contributed by atoms with Crippen LogP contribution in [0.15, 0.2) is 0 Å². The van der Waals surface area contributed by atoms with E-state index in [1.165, 1.54) is 77.9 Å². The van der Waals surface area contributed by atoms with E-state index < -0.39 is 0 Å². The fraction of sp³-hybridized carbons (Fsp3) is 1.00. The molecule has 0 aromatic carbocycles. The van der Waals surface area contributed by atoms with Crippen molar-refractivity contribution in [2.24, 2.45) is 5.92 Å². The predicted molar refractivity (Wildman–Crippen MR) is 97.6 cm³/mol. The normalized spacial score (nSPS) is 22.4. The van der Waals surface area contributed by atoms with Gasteiger partial charge in [-0.3, -0.25) is 0 Å². The first kappa shape index (κ1) is 19.9. The molecule has 2 saturated heterocycles. The molecule has 2 heterocycles. The van der Waals surface area contributed by atoms with E-state index in [0.29, 0.717) is 0 Å². The van der Waals surface area contributed by atoms with Gasteiger partial charge in [0, 0.05) is 6.04 Å². The molecule has 0 amide bonds. The van der Waals surface area contributed by atoms with Gasteiger partial charge >= 0.3 is 0 Å². The molecule has 0 spiro atoms. The Morgan fingerprint density at radius 3 is 1.91 bits per heavy atom. The molecule has 0 aliphatic carbocycles. The van der Waals surface area contributed by atoms with Gasteiger partial charge in [0.1, 0.15) is 0 Å². The Hall–Kier alpha value is -0.160. The third kappa shape index (κ3) is 7.91. The van der Waals surface area contributed by atoms with Crippen LogP contribution in [-0.2, 0) is 0 Å². The molecule has 22 heavy (non-hydrogen) atoms. The fourth-order valence-electron chi connectivity index (χ4n) is 3.56. The van der Waals surface area contributed by atoms with Gasteiger partial charge in [-0.2, -0.15) is 0 Å². The van der Waals surface area contributed by atoms with Crippen molar-refractivity contribution in [1.29, 1.82) is 0 Å². The summed E-state index contributed by atoms with van der Waals surface area (Å²) in [7, 11) is 4.12. The first-order valence-corrected chi connectivity index (χ1v) is 9.50. The maximum Gasteiger partial charge on any atom is 0.00884 e. The maximum atomic E-state index is 3.34. The molecule has 2 rings (SSSR count). The molecule has 2 N–H and O–H groups in total. The lowest BCUT2D eigenvalue weighted by atomic mass is 9.97. The summed E-state index contributed by atoms with van der Waals surface area (Å²) in [6.45, 7) is 13.4. The van der Waals surface area contributed by atoms with Gasteiger partial charge in [0.25, 0.3) is 0 Å². The predicted octanol–water partition coefficient (Wildman–Crippen LogP) is 2.02. The summed E-state index contributed by atoms with van der Waals surface area (Å²) in [5.41, 5.74) is 0. The molecule has 0 aromatic rings. The average Bonchev–Trinajstić information content (AvgIpc) is 2.57. The Morgan fingerprint density at radius 1 is 0.864 bits per heavy atom. The van der Waals surface area contributed by atoms with Crippen LogP contribution in [0.25, 0.3) is 0 Å². The van der Waals surface area contributed by atoms with E-state index >= 15 is 0 Å². The zero-order valence-electron chi connectivity index (χ0n) is 15.5. The van der Waals surface area contributed by atoms with Gasteiger partial charge in [-0.15, -0.1) is 0 Å². The number of likely N-dealkylation sites (tertiary alicyclic amines) is 2. The zero-order valence-corrected chi connectivity index (χ0v) is 15.5. The largest absolute Gasteiger partial charge is 0.319 e. The number of nitrogens with one attached hydrogen (secondary N) is 2. The van der Waals surface area contributed by atoms with E-state index in [1.54, 1.807) is 0 Å². The van der Waals surface area contributed by atoms with Crippen LogP contribution < -0.4 is 10.6 Å². The number of nitrogens with zero attached hydrogens (tertiary/aromatic N) is 2. The summed E-state index contributed by atoms with van der Waals surface area (Å²) in [5, 5.41) is 6.59. The fourth-order valence-corrected chi connectivity index (χ4v) is 3.56. The molecule has 2 aliphatic rings. The van der Waals surface area contributed by atoms with Crippen molar-refractivity contribution in [1.82, 2.24) is 20.4 Å². The molecule has 0 bridgehead atoms. The summed E-state index contributed by atoms with van der Waals surface area (Å²) < 4.78 is 0. The number of rotatable bonds is 6. The van der Waals surface area contributed by atoms with E-state index in [4.69, 9.17) is 0 Å². The van der Waals surface area contributed by atoms with Gasteiger partial charge < -0.3 is 20.4 Å². The summed E-state index contributed by atoms with van der Waals surface area (Å²) in [4.78, 5) is 5.10. The Balaban J connectivity index is 0.000000220. The van der Waals surface area contributed by atoms with E-state index in [0.717, 1.165) is 12.0 Å². The van der Waals surface area contributed by atoms with Crippen LogP contribution >= 0.6 is 0 Å².